The van der Waals surface area contributed by atoms with Gasteiger partial charge in [-0.25, -0.2) is 4.79 Å². The van der Waals surface area contributed by atoms with Gasteiger partial charge >= 0.3 is 6.16 Å². The third-order valence-electron chi connectivity index (χ3n) is 2.07. The van der Waals surface area contributed by atoms with Gasteiger partial charge in [0.1, 0.15) is 6.10 Å². The van der Waals surface area contributed by atoms with Crippen LogP contribution in [0.2, 0.25) is 0 Å². The molecule has 0 aliphatic carbocycles. The highest BCUT2D eigenvalue weighted by molar-refractivity contribution is 5.98. The van der Waals surface area contributed by atoms with Crippen molar-refractivity contribution in [3.63, 3.8) is 0 Å². The van der Waals surface area contributed by atoms with Crippen LogP contribution in [0.4, 0.5) is 4.79 Å². The Morgan fingerprint density at radius 1 is 1.31 bits per heavy atom. The van der Waals surface area contributed by atoms with Crippen molar-refractivity contribution in [2.75, 3.05) is 0 Å². The van der Waals surface area contributed by atoms with Gasteiger partial charge in [0.2, 0.25) is 10.5 Å². The lowest BCUT2D eigenvalue weighted by Gasteiger charge is -2.40. The largest absolute Gasteiger partial charge is 0.513 e. The van der Waals surface area contributed by atoms with Crippen molar-refractivity contribution >= 4 is 16.6 Å². The molecule has 1 atom stereocenters. The van der Waals surface area contributed by atoms with Crippen LogP contribution < -0.4 is 0 Å². The first kappa shape index (κ1) is 15.2. The molecule has 1 unspecified atom stereocenters. The molecular formula is C11H19O4Si. The summed E-state index contributed by atoms with van der Waals surface area (Å²) in [5.74, 6) is 0. The molecule has 3 radical (unpaired) electrons. The summed E-state index contributed by atoms with van der Waals surface area (Å²) in [7, 11) is 2.99. The van der Waals surface area contributed by atoms with Gasteiger partial charge in [0.05, 0.1) is 11.9 Å². The summed E-state index contributed by atoms with van der Waals surface area (Å²) in [5.41, 5.74) is -0.953. The summed E-state index contributed by atoms with van der Waals surface area (Å²) in [6.07, 6.45) is -0.222. The zero-order valence-electron chi connectivity index (χ0n) is 10.5. The fourth-order valence-electron chi connectivity index (χ4n) is 1.61. The van der Waals surface area contributed by atoms with Gasteiger partial charge in [-0.3, -0.25) is 0 Å². The summed E-state index contributed by atoms with van der Waals surface area (Å²) in [4.78, 5) is 11.3. The molecule has 0 heterocycles. The van der Waals surface area contributed by atoms with Gasteiger partial charge in [-0.1, -0.05) is 27.4 Å². The number of ether oxygens (including phenoxy) is 2. The number of carbonyl (C=O) groups excluding carboxylic acids is 1. The maximum absolute atomic E-state index is 11.3. The average Bonchev–Trinajstić information content (AvgIpc) is 2.13. The Morgan fingerprint density at radius 2 is 1.81 bits per heavy atom. The number of carbonyl (C=O) groups is 1. The van der Waals surface area contributed by atoms with Crippen LogP contribution in [0.3, 0.4) is 0 Å². The van der Waals surface area contributed by atoms with Gasteiger partial charge in [0.15, 0.2) is 0 Å². The fourth-order valence-corrected chi connectivity index (χ4v) is 1.71. The third kappa shape index (κ3) is 4.36. The predicted molar refractivity (Wildman–Crippen MR) is 61.9 cm³/mol. The molecule has 0 spiro atoms. The van der Waals surface area contributed by atoms with Crippen molar-refractivity contribution in [1.29, 1.82) is 0 Å². The number of hydrogen-bond acceptors (Lipinski definition) is 4. The van der Waals surface area contributed by atoms with Crippen molar-refractivity contribution in [2.45, 2.75) is 46.3 Å². The standard InChI is InChI=1S/C11H19O4Si/c1-7-13-9(12)14-8(10(2,3)4)11(5,6)15-16/h7-8H,1H2,2-6H3. The van der Waals surface area contributed by atoms with Crippen LogP contribution in [-0.4, -0.2) is 28.3 Å². The van der Waals surface area contributed by atoms with Crippen LogP contribution >= 0.6 is 0 Å². The minimum atomic E-state index is -0.785. The lowest BCUT2D eigenvalue weighted by atomic mass is 9.80. The van der Waals surface area contributed by atoms with Crippen molar-refractivity contribution in [2.24, 2.45) is 5.41 Å². The minimum absolute atomic E-state index is 0.281. The van der Waals surface area contributed by atoms with Crippen LogP contribution in [0, 0.1) is 5.41 Å². The molecule has 0 aromatic heterocycles. The Bertz CT molecular complexity index is 255. The van der Waals surface area contributed by atoms with Crippen LogP contribution in [0.5, 0.6) is 0 Å². The van der Waals surface area contributed by atoms with E-state index in [9.17, 15) is 4.79 Å². The molecule has 0 fully saturated rings. The smallest absolute Gasteiger partial charge is 0.427 e. The Balaban J connectivity index is 4.84. The normalized spacial score (nSPS) is 14.1. The lowest BCUT2D eigenvalue weighted by molar-refractivity contribution is -0.0991. The van der Waals surface area contributed by atoms with Gasteiger partial charge in [0, 0.05) is 5.41 Å². The molecule has 5 heteroatoms. The second kappa shape index (κ2) is 5.50. The maximum atomic E-state index is 11.3. The molecule has 0 aliphatic rings. The summed E-state index contributed by atoms with van der Waals surface area (Å²) in [5, 5.41) is 0. The zero-order chi connectivity index (χ0) is 13.0. The molecule has 0 rings (SSSR count). The van der Waals surface area contributed by atoms with E-state index >= 15 is 0 Å². The Kier molecular flexibility index (Phi) is 5.22. The van der Waals surface area contributed by atoms with E-state index < -0.39 is 17.9 Å². The van der Waals surface area contributed by atoms with Crippen LogP contribution in [-0.2, 0) is 13.9 Å². The molecule has 0 saturated carbocycles. The lowest BCUT2D eigenvalue weighted by Crippen LogP contribution is -2.49. The van der Waals surface area contributed by atoms with E-state index in [1.807, 2.05) is 34.6 Å². The molecular weight excluding hydrogens is 224 g/mol. The fraction of sp³-hybridized carbons (Fsp3) is 0.727. The Morgan fingerprint density at radius 3 is 2.12 bits per heavy atom. The molecule has 0 aromatic rings. The number of hydrogen-bond donors (Lipinski definition) is 0. The maximum Gasteiger partial charge on any atom is 0.513 e. The van der Waals surface area contributed by atoms with E-state index in [1.165, 1.54) is 0 Å². The summed E-state index contributed by atoms with van der Waals surface area (Å²) in [6.45, 7) is 12.8. The highest BCUT2D eigenvalue weighted by atomic mass is 28.2. The van der Waals surface area contributed by atoms with Crippen molar-refractivity contribution in [3.05, 3.63) is 12.8 Å². The molecule has 0 N–H and O–H groups in total. The van der Waals surface area contributed by atoms with Gasteiger partial charge in [-0.05, 0) is 13.8 Å². The van der Waals surface area contributed by atoms with Gasteiger partial charge in [-0.2, -0.15) is 0 Å². The molecule has 0 aliphatic heterocycles. The van der Waals surface area contributed by atoms with Gasteiger partial charge in [0.25, 0.3) is 0 Å². The second-order valence-corrected chi connectivity index (χ2v) is 5.31. The van der Waals surface area contributed by atoms with Crippen LogP contribution in [0.1, 0.15) is 34.6 Å². The highest BCUT2D eigenvalue weighted by Gasteiger charge is 2.41. The first-order valence-electron chi connectivity index (χ1n) is 4.98. The first-order chi connectivity index (χ1) is 7.15. The Labute approximate surface area is 100 Å². The quantitative estimate of drug-likeness (QED) is 0.432. The van der Waals surface area contributed by atoms with Crippen LogP contribution in [0.15, 0.2) is 12.8 Å². The topological polar surface area (TPSA) is 44.8 Å². The molecule has 16 heavy (non-hydrogen) atoms. The predicted octanol–water partition coefficient (Wildman–Crippen LogP) is 2.58. The zero-order valence-corrected chi connectivity index (χ0v) is 11.5. The second-order valence-electron chi connectivity index (χ2n) is 5.10. The first-order valence-corrected chi connectivity index (χ1v) is 5.39. The van der Waals surface area contributed by atoms with E-state index in [4.69, 9.17) is 9.16 Å². The van der Waals surface area contributed by atoms with Gasteiger partial charge < -0.3 is 13.9 Å². The SMILES string of the molecule is C=COC(=O)OC(C(C)(C)C)C(C)(C)O[Si]. The minimum Gasteiger partial charge on any atom is -0.427 e. The monoisotopic (exact) mass is 243 g/mol. The molecule has 0 bridgehead atoms. The molecule has 91 valence electrons. The highest BCUT2D eigenvalue weighted by Crippen LogP contribution is 2.32. The van der Waals surface area contributed by atoms with E-state index in [1.54, 1.807) is 0 Å². The molecule has 4 nitrogen and oxygen atoms in total. The molecule has 0 saturated heterocycles. The van der Waals surface area contributed by atoms with Gasteiger partial charge in [-0.15, -0.1) is 0 Å². The number of rotatable bonds is 4. The molecule has 0 aromatic carbocycles. The Hall–Kier alpha value is -0.813. The summed E-state index contributed by atoms with van der Waals surface area (Å²) in [6, 6.07) is 0. The van der Waals surface area contributed by atoms with E-state index in [-0.39, 0.29) is 5.41 Å². The van der Waals surface area contributed by atoms with E-state index in [2.05, 4.69) is 21.8 Å². The average molecular weight is 243 g/mol. The summed E-state index contributed by atoms with van der Waals surface area (Å²) < 4.78 is 14.9. The van der Waals surface area contributed by atoms with Crippen molar-refractivity contribution in [3.8, 4) is 0 Å². The third-order valence-corrected chi connectivity index (χ3v) is 2.60. The van der Waals surface area contributed by atoms with Crippen molar-refractivity contribution < 1.29 is 18.7 Å². The molecule has 0 amide bonds. The van der Waals surface area contributed by atoms with Crippen molar-refractivity contribution in [1.82, 2.24) is 0 Å². The van der Waals surface area contributed by atoms with Crippen LogP contribution in [0.25, 0.3) is 0 Å². The van der Waals surface area contributed by atoms with E-state index in [0.29, 0.717) is 0 Å². The summed E-state index contributed by atoms with van der Waals surface area (Å²) >= 11 is 0. The van der Waals surface area contributed by atoms with E-state index in [0.717, 1.165) is 6.26 Å².